The summed E-state index contributed by atoms with van der Waals surface area (Å²) < 4.78 is 2.05. The van der Waals surface area contributed by atoms with Crippen LogP contribution in [0.3, 0.4) is 0 Å². The number of aromatic nitrogens is 6. The quantitative estimate of drug-likeness (QED) is 0.410. The van der Waals surface area contributed by atoms with Gasteiger partial charge in [-0.2, -0.15) is 5.10 Å². The van der Waals surface area contributed by atoms with Crippen LogP contribution in [0.4, 0.5) is 0 Å². The van der Waals surface area contributed by atoms with Crippen molar-refractivity contribution < 1.29 is 0 Å². The first kappa shape index (κ1) is 18.6. The molecule has 0 aliphatic rings. The number of aliphatic imine (C=N–C) groups is 1. The van der Waals surface area contributed by atoms with Crippen molar-refractivity contribution in [3.05, 3.63) is 48.3 Å². The molecule has 27 heavy (non-hydrogen) atoms. The van der Waals surface area contributed by atoms with Crippen LogP contribution in [0.1, 0.15) is 25.2 Å². The van der Waals surface area contributed by atoms with Gasteiger partial charge in [-0.1, -0.05) is 25.1 Å². The molecule has 0 radical (unpaired) electrons. The van der Waals surface area contributed by atoms with E-state index in [2.05, 4.69) is 71.6 Å². The Morgan fingerprint density at radius 1 is 1.26 bits per heavy atom. The molecule has 3 rings (SSSR count). The van der Waals surface area contributed by atoms with E-state index < -0.39 is 0 Å². The SMILES string of the molecule is CCNC(=NCc1cccc(-c2ncn[nH]2)c1)NCCn1cnnc1CC. The molecule has 0 spiro atoms. The van der Waals surface area contributed by atoms with Crippen LogP contribution in [0, 0.1) is 0 Å². The Morgan fingerprint density at radius 2 is 2.19 bits per heavy atom. The zero-order valence-corrected chi connectivity index (χ0v) is 15.7. The van der Waals surface area contributed by atoms with E-state index in [1.165, 1.54) is 6.33 Å². The van der Waals surface area contributed by atoms with Crippen molar-refractivity contribution in [2.75, 3.05) is 13.1 Å². The number of hydrogen-bond donors (Lipinski definition) is 3. The lowest BCUT2D eigenvalue weighted by molar-refractivity contribution is 0.632. The summed E-state index contributed by atoms with van der Waals surface area (Å²) in [6, 6.07) is 8.12. The predicted molar refractivity (Wildman–Crippen MR) is 104 cm³/mol. The van der Waals surface area contributed by atoms with Gasteiger partial charge in [0.25, 0.3) is 0 Å². The van der Waals surface area contributed by atoms with Crippen LogP contribution in [0.5, 0.6) is 0 Å². The fraction of sp³-hybridized carbons (Fsp3) is 0.389. The number of aromatic amines is 1. The third-order valence-electron chi connectivity index (χ3n) is 4.04. The van der Waals surface area contributed by atoms with Gasteiger partial charge in [0.05, 0.1) is 6.54 Å². The highest BCUT2D eigenvalue weighted by Gasteiger charge is 2.04. The second kappa shape index (κ2) is 9.46. The fourth-order valence-corrected chi connectivity index (χ4v) is 2.71. The molecule has 0 fully saturated rings. The molecule has 0 bridgehead atoms. The van der Waals surface area contributed by atoms with E-state index in [1.54, 1.807) is 6.33 Å². The maximum Gasteiger partial charge on any atom is 0.191 e. The van der Waals surface area contributed by atoms with Gasteiger partial charge in [0, 0.05) is 31.6 Å². The molecule has 1 aromatic carbocycles. The summed E-state index contributed by atoms with van der Waals surface area (Å²) in [6.45, 7) is 7.04. The monoisotopic (exact) mass is 367 g/mol. The van der Waals surface area contributed by atoms with Crippen LogP contribution in [0.2, 0.25) is 0 Å². The highest BCUT2D eigenvalue weighted by Crippen LogP contribution is 2.15. The van der Waals surface area contributed by atoms with E-state index >= 15 is 0 Å². The number of hydrogen-bond acceptors (Lipinski definition) is 5. The first-order valence-electron chi connectivity index (χ1n) is 9.13. The Hall–Kier alpha value is -3.23. The van der Waals surface area contributed by atoms with Crippen LogP contribution in [0.25, 0.3) is 11.4 Å². The Kier molecular flexibility index (Phi) is 6.50. The molecule has 2 aromatic heterocycles. The van der Waals surface area contributed by atoms with Crippen LogP contribution >= 0.6 is 0 Å². The van der Waals surface area contributed by atoms with Crippen molar-refractivity contribution in [2.24, 2.45) is 4.99 Å². The summed E-state index contributed by atoms with van der Waals surface area (Å²) in [5, 5.41) is 21.5. The molecule has 0 atom stereocenters. The molecular formula is C18H25N9. The van der Waals surface area contributed by atoms with Crippen molar-refractivity contribution in [2.45, 2.75) is 33.4 Å². The lowest BCUT2D eigenvalue weighted by Gasteiger charge is -2.12. The molecule has 0 amide bonds. The normalized spacial score (nSPS) is 11.6. The number of benzene rings is 1. The highest BCUT2D eigenvalue weighted by molar-refractivity contribution is 5.79. The fourth-order valence-electron chi connectivity index (χ4n) is 2.71. The molecule has 9 nitrogen and oxygen atoms in total. The minimum absolute atomic E-state index is 0.574. The number of guanidine groups is 1. The Balaban J connectivity index is 1.59. The van der Waals surface area contributed by atoms with Gasteiger partial charge in [0.2, 0.25) is 0 Å². The number of aryl methyl sites for hydroxylation is 1. The average molecular weight is 367 g/mol. The van der Waals surface area contributed by atoms with Gasteiger partial charge in [-0.3, -0.25) is 5.10 Å². The number of nitrogens with zero attached hydrogens (tertiary/aromatic N) is 6. The predicted octanol–water partition coefficient (Wildman–Crippen LogP) is 1.38. The topological polar surface area (TPSA) is 109 Å². The van der Waals surface area contributed by atoms with Crippen LogP contribution < -0.4 is 10.6 Å². The maximum absolute atomic E-state index is 4.68. The van der Waals surface area contributed by atoms with E-state index in [-0.39, 0.29) is 0 Å². The first-order chi connectivity index (χ1) is 13.3. The summed E-state index contributed by atoms with van der Waals surface area (Å²) in [4.78, 5) is 8.87. The lowest BCUT2D eigenvalue weighted by atomic mass is 10.1. The van der Waals surface area contributed by atoms with E-state index in [0.29, 0.717) is 6.54 Å². The molecule has 0 unspecified atom stereocenters. The van der Waals surface area contributed by atoms with Gasteiger partial charge in [-0.25, -0.2) is 9.98 Å². The van der Waals surface area contributed by atoms with Gasteiger partial charge >= 0.3 is 0 Å². The smallest absolute Gasteiger partial charge is 0.191 e. The van der Waals surface area contributed by atoms with Crippen molar-refractivity contribution in [1.29, 1.82) is 0 Å². The second-order valence-electron chi connectivity index (χ2n) is 5.95. The van der Waals surface area contributed by atoms with Crippen LogP contribution in [-0.4, -0.2) is 49.0 Å². The average Bonchev–Trinajstić information content (AvgIpc) is 3.38. The van der Waals surface area contributed by atoms with Gasteiger partial charge in [-0.05, 0) is 18.6 Å². The van der Waals surface area contributed by atoms with Crippen molar-refractivity contribution in [3.63, 3.8) is 0 Å². The highest BCUT2D eigenvalue weighted by atomic mass is 15.3. The van der Waals surface area contributed by atoms with E-state index in [9.17, 15) is 0 Å². The first-order valence-corrected chi connectivity index (χ1v) is 9.13. The third kappa shape index (κ3) is 5.13. The number of rotatable bonds is 8. The van der Waals surface area contributed by atoms with E-state index in [1.807, 2.05) is 12.1 Å². The van der Waals surface area contributed by atoms with Crippen molar-refractivity contribution in [1.82, 2.24) is 40.6 Å². The molecule has 0 saturated carbocycles. The largest absolute Gasteiger partial charge is 0.357 e. The van der Waals surface area contributed by atoms with E-state index in [4.69, 9.17) is 0 Å². The van der Waals surface area contributed by atoms with Crippen LogP contribution in [-0.2, 0) is 19.5 Å². The van der Waals surface area contributed by atoms with Gasteiger partial charge in [-0.15, -0.1) is 10.2 Å². The molecule has 0 aliphatic carbocycles. The summed E-state index contributed by atoms with van der Waals surface area (Å²) >= 11 is 0. The summed E-state index contributed by atoms with van der Waals surface area (Å²) in [7, 11) is 0. The van der Waals surface area contributed by atoms with Crippen molar-refractivity contribution >= 4 is 5.96 Å². The standard InChI is InChI=1S/C18H25N9/c1-3-16-25-24-13-27(16)9-8-20-18(19-4-2)21-11-14-6-5-7-15(10-14)17-22-12-23-26-17/h5-7,10,12-13H,3-4,8-9,11H2,1-2H3,(H2,19,20,21)(H,22,23,26). The minimum Gasteiger partial charge on any atom is -0.357 e. The Labute approximate surface area is 158 Å². The Bertz CT molecular complexity index is 851. The zero-order valence-electron chi connectivity index (χ0n) is 15.7. The Morgan fingerprint density at radius 3 is 2.96 bits per heavy atom. The van der Waals surface area contributed by atoms with E-state index in [0.717, 1.165) is 54.8 Å². The summed E-state index contributed by atoms with van der Waals surface area (Å²) in [5.41, 5.74) is 2.10. The molecular weight excluding hydrogens is 342 g/mol. The molecule has 2 heterocycles. The van der Waals surface area contributed by atoms with Gasteiger partial charge < -0.3 is 15.2 Å². The molecule has 0 aliphatic heterocycles. The lowest BCUT2D eigenvalue weighted by Crippen LogP contribution is -2.38. The van der Waals surface area contributed by atoms with Crippen LogP contribution in [0.15, 0.2) is 41.9 Å². The summed E-state index contributed by atoms with van der Waals surface area (Å²) in [5.74, 6) is 2.53. The zero-order chi connectivity index (χ0) is 18.9. The van der Waals surface area contributed by atoms with Gasteiger partial charge in [0.15, 0.2) is 11.8 Å². The molecule has 3 aromatic rings. The van der Waals surface area contributed by atoms with Gasteiger partial charge in [0.1, 0.15) is 18.5 Å². The summed E-state index contributed by atoms with van der Waals surface area (Å²) in [6.07, 6.45) is 4.14. The number of nitrogens with one attached hydrogen (secondary N) is 3. The molecule has 3 N–H and O–H groups in total. The second-order valence-corrected chi connectivity index (χ2v) is 5.95. The maximum atomic E-state index is 4.68. The minimum atomic E-state index is 0.574. The molecule has 142 valence electrons. The van der Waals surface area contributed by atoms with Crippen molar-refractivity contribution in [3.8, 4) is 11.4 Å². The molecule has 0 saturated heterocycles. The number of H-pyrrole nitrogens is 1. The third-order valence-corrected chi connectivity index (χ3v) is 4.04. The molecule has 9 heteroatoms.